The second kappa shape index (κ2) is 9.94. The van der Waals surface area contributed by atoms with E-state index in [2.05, 4.69) is 22.8 Å². The summed E-state index contributed by atoms with van der Waals surface area (Å²) in [6, 6.07) is 23.7. The summed E-state index contributed by atoms with van der Waals surface area (Å²) in [6.45, 7) is 1.92. The Morgan fingerprint density at radius 1 is 0.867 bits per heavy atom. The van der Waals surface area contributed by atoms with Crippen LogP contribution in [0.25, 0.3) is 11.1 Å². The van der Waals surface area contributed by atoms with Crippen LogP contribution in [-0.2, 0) is 4.79 Å². The Morgan fingerprint density at radius 3 is 2.10 bits per heavy atom. The number of urea groups is 1. The first kappa shape index (κ1) is 21.4. The lowest BCUT2D eigenvalue weighted by Gasteiger charge is -2.21. The van der Waals surface area contributed by atoms with Gasteiger partial charge in [0.1, 0.15) is 0 Å². The molecule has 30 heavy (non-hydrogen) atoms. The van der Waals surface area contributed by atoms with Gasteiger partial charge in [-0.2, -0.15) is 0 Å². The molecule has 5 nitrogen and oxygen atoms in total. The third-order valence-electron chi connectivity index (χ3n) is 4.88. The zero-order chi connectivity index (χ0) is 21.5. The maximum Gasteiger partial charge on any atom is 0.312 e. The van der Waals surface area contributed by atoms with Gasteiger partial charge in [-0.1, -0.05) is 84.4 Å². The van der Waals surface area contributed by atoms with Gasteiger partial charge in [-0.3, -0.25) is 4.79 Å². The summed E-state index contributed by atoms with van der Waals surface area (Å²) in [5, 5.41) is 6.04. The van der Waals surface area contributed by atoms with E-state index < -0.39 is 12.1 Å². The molecule has 0 radical (unpaired) electrons. The highest BCUT2D eigenvalue weighted by Crippen LogP contribution is 2.26. The molecule has 4 N–H and O–H groups in total. The molecule has 0 saturated heterocycles. The van der Waals surface area contributed by atoms with Crippen molar-refractivity contribution in [3.63, 3.8) is 0 Å². The highest BCUT2D eigenvalue weighted by Gasteiger charge is 2.21. The van der Waals surface area contributed by atoms with Crippen LogP contribution in [0.4, 0.5) is 4.79 Å². The van der Waals surface area contributed by atoms with Crippen LogP contribution in [0.15, 0.2) is 78.9 Å². The van der Waals surface area contributed by atoms with E-state index in [1.165, 1.54) is 0 Å². The number of rotatable bonds is 7. The highest BCUT2D eigenvalue weighted by molar-refractivity contribution is 6.31. The zero-order valence-electron chi connectivity index (χ0n) is 16.6. The molecular weight excluding hydrogens is 398 g/mol. The largest absolute Gasteiger partial charge is 0.352 e. The van der Waals surface area contributed by atoms with Crippen LogP contribution < -0.4 is 16.4 Å². The van der Waals surface area contributed by atoms with E-state index in [-0.39, 0.29) is 18.4 Å². The average Bonchev–Trinajstić information content (AvgIpc) is 2.74. The van der Waals surface area contributed by atoms with Crippen LogP contribution in [0.2, 0.25) is 5.02 Å². The van der Waals surface area contributed by atoms with Gasteiger partial charge in [-0.25, -0.2) is 4.79 Å². The van der Waals surface area contributed by atoms with Crippen LogP contribution in [0.1, 0.15) is 36.6 Å². The molecule has 3 aromatic rings. The first-order valence-corrected chi connectivity index (χ1v) is 10.1. The van der Waals surface area contributed by atoms with Crippen molar-refractivity contribution < 1.29 is 9.59 Å². The van der Waals surface area contributed by atoms with Gasteiger partial charge in [0.2, 0.25) is 5.91 Å². The van der Waals surface area contributed by atoms with Gasteiger partial charge in [0, 0.05) is 5.02 Å². The van der Waals surface area contributed by atoms with Crippen molar-refractivity contribution in [2.24, 2.45) is 5.73 Å². The van der Waals surface area contributed by atoms with Gasteiger partial charge in [0.25, 0.3) is 0 Å². The summed E-state index contributed by atoms with van der Waals surface area (Å²) in [5.41, 5.74) is 9.17. The van der Waals surface area contributed by atoms with Crippen LogP contribution >= 0.6 is 11.6 Å². The topological polar surface area (TPSA) is 84.2 Å². The molecule has 0 aliphatic carbocycles. The number of hydrogen-bond donors (Lipinski definition) is 3. The number of halogens is 1. The lowest BCUT2D eigenvalue weighted by Crippen LogP contribution is -2.37. The van der Waals surface area contributed by atoms with Crippen molar-refractivity contribution in [2.45, 2.75) is 25.4 Å². The van der Waals surface area contributed by atoms with Gasteiger partial charge in [-0.15, -0.1) is 0 Å². The van der Waals surface area contributed by atoms with Gasteiger partial charge in [-0.05, 0) is 35.2 Å². The maximum atomic E-state index is 12.6. The Morgan fingerprint density at radius 2 is 1.47 bits per heavy atom. The van der Waals surface area contributed by atoms with Crippen LogP contribution in [0, 0.1) is 0 Å². The summed E-state index contributed by atoms with van der Waals surface area (Å²) >= 11 is 6.23. The molecule has 0 fully saturated rings. The quantitative estimate of drug-likeness (QED) is 0.502. The molecule has 0 aromatic heterocycles. The van der Waals surface area contributed by atoms with E-state index in [1.807, 2.05) is 49.4 Å². The van der Waals surface area contributed by atoms with E-state index >= 15 is 0 Å². The number of nitrogens with two attached hydrogens (primary N) is 1. The first-order chi connectivity index (χ1) is 14.4. The summed E-state index contributed by atoms with van der Waals surface area (Å²) < 4.78 is 0. The summed E-state index contributed by atoms with van der Waals surface area (Å²) in [4.78, 5) is 24.1. The van der Waals surface area contributed by atoms with Gasteiger partial charge < -0.3 is 16.4 Å². The minimum absolute atomic E-state index is 0.0269. The number of benzene rings is 3. The molecule has 3 amide bonds. The Bertz CT molecular complexity index is 1010. The number of hydrogen-bond acceptors (Lipinski definition) is 2. The minimum atomic E-state index is -0.711. The number of amides is 3. The third-order valence-corrected chi connectivity index (χ3v) is 5.23. The molecule has 0 saturated carbocycles. The van der Waals surface area contributed by atoms with Crippen LogP contribution in [0.3, 0.4) is 0 Å². The minimum Gasteiger partial charge on any atom is -0.352 e. The number of carbonyl (C=O) groups is 2. The molecule has 2 unspecified atom stereocenters. The molecule has 154 valence electrons. The zero-order valence-corrected chi connectivity index (χ0v) is 17.4. The van der Waals surface area contributed by atoms with Crippen LogP contribution in [0.5, 0.6) is 0 Å². The second-order valence-corrected chi connectivity index (χ2v) is 7.47. The van der Waals surface area contributed by atoms with E-state index in [0.717, 1.165) is 16.7 Å². The van der Waals surface area contributed by atoms with E-state index in [4.69, 9.17) is 17.3 Å². The molecule has 0 bridgehead atoms. The SMILES string of the molecule is CC(NC(=O)CC(NC(N)=O)c1ccccc1Cl)c1ccc(-c2ccccc2)cc1. The number of nitrogens with one attached hydrogen (secondary N) is 2. The van der Waals surface area contributed by atoms with Crippen molar-refractivity contribution in [3.8, 4) is 11.1 Å². The molecule has 0 heterocycles. The molecule has 2 atom stereocenters. The van der Waals surface area contributed by atoms with Gasteiger partial charge in [0.05, 0.1) is 18.5 Å². The van der Waals surface area contributed by atoms with E-state index in [9.17, 15) is 9.59 Å². The fraction of sp³-hybridized carbons (Fsp3) is 0.167. The molecule has 0 spiro atoms. The predicted octanol–water partition coefficient (Wildman–Crippen LogP) is 4.98. The molecule has 0 aliphatic heterocycles. The Hall–Kier alpha value is -3.31. The normalized spacial score (nSPS) is 12.6. The highest BCUT2D eigenvalue weighted by atomic mass is 35.5. The Balaban J connectivity index is 1.66. The summed E-state index contributed by atoms with van der Waals surface area (Å²) in [7, 11) is 0. The number of primary amides is 1. The Kier molecular flexibility index (Phi) is 7.09. The molecule has 3 rings (SSSR count). The number of carbonyl (C=O) groups excluding carboxylic acids is 2. The summed E-state index contributed by atoms with van der Waals surface area (Å²) in [6.07, 6.45) is 0.0269. The van der Waals surface area contributed by atoms with E-state index in [0.29, 0.717) is 10.6 Å². The lowest BCUT2D eigenvalue weighted by molar-refractivity contribution is -0.122. The third kappa shape index (κ3) is 5.61. The van der Waals surface area contributed by atoms with Crippen molar-refractivity contribution in [2.75, 3.05) is 0 Å². The fourth-order valence-corrected chi connectivity index (χ4v) is 3.60. The van der Waals surface area contributed by atoms with Crippen molar-refractivity contribution in [1.29, 1.82) is 0 Å². The lowest BCUT2D eigenvalue weighted by atomic mass is 10.0. The van der Waals surface area contributed by atoms with Crippen LogP contribution in [-0.4, -0.2) is 11.9 Å². The van der Waals surface area contributed by atoms with Gasteiger partial charge in [0.15, 0.2) is 0 Å². The average molecular weight is 422 g/mol. The standard InChI is InChI=1S/C24H24ClN3O2/c1-16(17-11-13-19(14-12-17)18-7-3-2-4-8-18)27-23(29)15-22(28-24(26)30)20-9-5-6-10-21(20)25/h2-14,16,22H,15H2,1H3,(H,27,29)(H3,26,28,30). The molecule has 6 heteroatoms. The molecular formula is C24H24ClN3O2. The second-order valence-electron chi connectivity index (χ2n) is 7.06. The predicted molar refractivity (Wildman–Crippen MR) is 120 cm³/mol. The van der Waals surface area contributed by atoms with Crippen molar-refractivity contribution >= 4 is 23.5 Å². The van der Waals surface area contributed by atoms with Crippen molar-refractivity contribution in [1.82, 2.24) is 10.6 Å². The first-order valence-electron chi connectivity index (χ1n) is 9.69. The smallest absolute Gasteiger partial charge is 0.312 e. The monoisotopic (exact) mass is 421 g/mol. The fourth-order valence-electron chi connectivity index (χ4n) is 3.33. The molecule has 3 aromatic carbocycles. The van der Waals surface area contributed by atoms with Crippen molar-refractivity contribution in [3.05, 3.63) is 95.0 Å². The summed E-state index contributed by atoms with van der Waals surface area (Å²) in [5.74, 6) is -0.215. The van der Waals surface area contributed by atoms with E-state index in [1.54, 1.807) is 24.3 Å². The molecule has 0 aliphatic rings. The maximum absolute atomic E-state index is 12.6. The Labute approximate surface area is 181 Å². The van der Waals surface area contributed by atoms with Gasteiger partial charge >= 0.3 is 6.03 Å².